The Morgan fingerprint density at radius 3 is 2.57 bits per heavy atom. The van der Waals surface area contributed by atoms with Crippen molar-refractivity contribution in [3.63, 3.8) is 0 Å². The van der Waals surface area contributed by atoms with Gasteiger partial charge in [0.1, 0.15) is 11.5 Å². The quantitative estimate of drug-likeness (QED) is 0.619. The van der Waals surface area contributed by atoms with Crippen LogP contribution in [0, 0.1) is 0 Å². The Bertz CT molecular complexity index is 601. The van der Waals surface area contributed by atoms with Crippen LogP contribution in [0.1, 0.15) is 29.8 Å². The molecule has 0 bridgehead atoms. The average molecular weight is 370 g/mol. The maximum atomic E-state index is 6.59. The second-order valence-electron chi connectivity index (χ2n) is 4.68. The van der Waals surface area contributed by atoms with Gasteiger partial charge in [-0.2, -0.15) is 0 Å². The monoisotopic (exact) mass is 368 g/mol. The standard InChI is InChI=1S/C17H18BrClO2/c1-3-9-21-14-6-4-5-12(10-14)17(19)13-7-8-16(20-2)15(18)11-13/h4-8,10-11,17H,3,9H2,1-2H3. The maximum Gasteiger partial charge on any atom is 0.133 e. The molecule has 0 saturated carbocycles. The third-order valence-electron chi connectivity index (χ3n) is 3.09. The Labute approximate surface area is 139 Å². The zero-order valence-electron chi connectivity index (χ0n) is 12.1. The van der Waals surface area contributed by atoms with Crippen LogP contribution < -0.4 is 9.47 Å². The lowest BCUT2D eigenvalue weighted by Gasteiger charge is -2.14. The Morgan fingerprint density at radius 1 is 1.14 bits per heavy atom. The molecule has 0 aliphatic rings. The molecule has 21 heavy (non-hydrogen) atoms. The molecule has 0 fully saturated rings. The molecule has 4 heteroatoms. The largest absolute Gasteiger partial charge is 0.496 e. The van der Waals surface area contributed by atoms with Gasteiger partial charge in [-0.1, -0.05) is 25.1 Å². The first-order valence-electron chi connectivity index (χ1n) is 6.86. The fraction of sp³-hybridized carbons (Fsp3) is 0.294. The summed E-state index contributed by atoms with van der Waals surface area (Å²) in [6.07, 6.45) is 0.986. The van der Waals surface area contributed by atoms with Crippen molar-refractivity contribution in [2.24, 2.45) is 0 Å². The van der Waals surface area contributed by atoms with E-state index >= 15 is 0 Å². The van der Waals surface area contributed by atoms with E-state index in [2.05, 4.69) is 22.9 Å². The number of halogens is 2. The van der Waals surface area contributed by atoms with Crippen molar-refractivity contribution in [3.05, 3.63) is 58.1 Å². The molecule has 1 atom stereocenters. The number of hydrogen-bond donors (Lipinski definition) is 0. The third kappa shape index (κ3) is 4.14. The molecule has 0 spiro atoms. The minimum atomic E-state index is -0.225. The van der Waals surface area contributed by atoms with Crippen LogP contribution in [0.5, 0.6) is 11.5 Å². The third-order valence-corrected chi connectivity index (χ3v) is 4.22. The van der Waals surface area contributed by atoms with Gasteiger partial charge in [-0.3, -0.25) is 0 Å². The van der Waals surface area contributed by atoms with Gasteiger partial charge >= 0.3 is 0 Å². The fourth-order valence-electron chi connectivity index (χ4n) is 2.01. The highest BCUT2D eigenvalue weighted by Crippen LogP contribution is 2.35. The molecule has 0 radical (unpaired) electrons. The van der Waals surface area contributed by atoms with E-state index in [9.17, 15) is 0 Å². The van der Waals surface area contributed by atoms with Crippen LogP contribution >= 0.6 is 27.5 Å². The molecule has 2 aromatic rings. The van der Waals surface area contributed by atoms with Gasteiger partial charge in [0.2, 0.25) is 0 Å². The molecule has 2 nitrogen and oxygen atoms in total. The molecule has 2 aromatic carbocycles. The van der Waals surface area contributed by atoms with Crippen molar-refractivity contribution in [1.29, 1.82) is 0 Å². The Morgan fingerprint density at radius 2 is 1.90 bits per heavy atom. The number of alkyl halides is 1. The van der Waals surface area contributed by atoms with Gasteiger partial charge in [-0.15, -0.1) is 11.6 Å². The lowest BCUT2D eigenvalue weighted by atomic mass is 10.0. The molecule has 0 aliphatic heterocycles. The molecule has 0 amide bonds. The van der Waals surface area contributed by atoms with Crippen molar-refractivity contribution < 1.29 is 9.47 Å². The van der Waals surface area contributed by atoms with Crippen LogP contribution in [-0.4, -0.2) is 13.7 Å². The minimum Gasteiger partial charge on any atom is -0.496 e. The Hall–Kier alpha value is -1.19. The highest BCUT2D eigenvalue weighted by atomic mass is 79.9. The molecule has 0 N–H and O–H groups in total. The number of ether oxygens (including phenoxy) is 2. The predicted octanol–water partition coefficient (Wildman–Crippen LogP) is 5.57. The first-order valence-corrected chi connectivity index (χ1v) is 8.09. The molecule has 0 saturated heterocycles. The van der Waals surface area contributed by atoms with Gasteiger partial charge in [-0.25, -0.2) is 0 Å². The fourth-order valence-corrected chi connectivity index (χ4v) is 2.84. The van der Waals surface area contributed by atoms with E-state index in [1.54, 1.807) is 7.11 Å². The zero-order valence-corrected chi connectivity index (χ0v) is 14.4. The molecule has 0 aliphatic carbocycles. The van der Waals surface area contributed by atoms with Gasteiger partial charge in [0.05, 0.1) is 23.6 Å². The van der Waals surface area contributed by atoms with Gasteiger partial charge in [-0.05, 0) is 57.7 Å². The highest BCUT2D eigenvalue weighted by molar-refractivity contribution is 9.10. The second-order valence-corrected chi connectivity index (χ2v) is 5.97. The highest BCUT2D eigenvalue weighted by Gasteiger charge is 2.13. The first kappa shape index (κ1) is 16.2. The molecule has 2 rings (SSSR count). The summed E-state index contributed by atoms with van der Waals surface area (Å²) in [6, 6.07) is 13.8. The average Bonchev–Trinajstić information content (AvgIpc) is 2.52. The summed E-state index contributed by atoms with van der Waals surface area (Å²) in [5.74, 6) is 1.65. The van der Waals surface area contributed by atoms with Crippen molar-refractivity contribution in [3.8, 4) is 11.5 Å². The smallest absolute Gasteiger partial charge is 0.133 e. The van der Waals surface area contributed by atoms with Crippen molar-refractivity contribution in [2.75, 3.05) is 13.7 Å². The van der Waals surface area contributed by atoms with Crippen LogP contribution in [0.15, 0.2) is 46.9 Å². The Kier molecular flexibility index (Phi) is 5.95. The number of benzene rings is 2. The normalized spacial score (nSPS) is 12.0. The van der Waals surface area contributed by atoms with E-state index in [0.717, 1.165) is 33.5 Å². The van der Waals surface area contributed by atoms with Crippen LogP contribution in [0.4, 0.5) is 0 Å². The molecular formula is C17H18BrClO2. The zero-order chi connectivity index (χ0) is 15.2. The van der Waals surface area contributed by atoms with Gasteiger partial charge in [0.15, 0.2) is 0 Å². The van der Waals surface area contributed by atoms with Crippen LogP contribution in [-0.2, 0) is 0 Å². The van der Waals surface area contributed by atoms with Crippen molar-refractivity contribution >= 4 is 27.5 Å². The number of rotatable bonds is 6. The maximum absolute atomic E-state index is 6.59. The van der Waals surface area contributed by atoms with E-state index in [4.69, 9.17) is 21.1 Å². The summed E-state index contributed by atoms with van der Waals surface area (Å²) in [7, 11) is 1.65. The summed E-state index contributed by atoms with van der Waals surface area (Å²) >= 11 is 10.1. The van der Waals surface area contributed by atoms with E-state index in [1.807, 2.05) is 42.5 Å². The second kappa shape index (κ2) is 7.71. The summed E-state index contributed by atoms with van der Waals surface area (Å²) < 4.78 is 11.8. The molecule has 1 unspecified atom stereocenters. The van der Waals surface area contributed by atoms with Gasteiger partial charge in [0.25, 0.3) is 0 Å². The SMILES string of the molecule is CCCOc1cccc(C(Cl)c2ccc(OC)c(Br)c2)c1. The van der Waals surface area contributed by atoms with E-state index < -0.39 is 0 Å². The lowest BCUT2D eigenvalue weighted by Crippen LogP contribution is -1.98. The van der Waals surface area contributed by atoms with Crippen LogP contribution in [0.3, 0.4) is 0 Å². The topological polar surface area (TPSA) is 18.5 Å². The molecule has 0 heterocycles. The lowest BCUT2D eigenvalue weighted by molar-refractivity contribution is 0.317. The summed E-state index contributed by atoms with van der Waals surface area (Å²) in [6.45, 7) is 2.80. The summed E-state index contributed by atoms with van der Waals surface area (Å²) in [4.78, 5) is 0. The van der Waals surface area contributed by atoms with Crippen LogP contribution in [0.2, 0.25) is 0 Å². The van der Waals surface area contributed by atoms with Gasteiger partial charge in [0, 0.05) is 0 Å². The Balaban J connectivity index is 2.22. The predicted molar refractivity (Wildman–Crippen MR) is 90.6 cm³/mol. The van der Waals surface area contributed by atoms with E-state index in [1.165, 1.54) is 0 Å². The van der Waals surface area contributed by atoms with E-state index in [0.29, 0.717) is 6.61 Å². The number of methoxy groups -OCH3 is 1. The van der Waals surface area contributed by atoms with Crippen LogP contribution in [0.25, 0.3) is 0 Å². The van der Waals surface area contributed by atoms with Crippen molar-refractivity contribution in [1.82, 2.24) is 0 Å². The molecule has 112 valence electrons. The minimum absolute atomic E-state index is 0.225. The van der Waals surface area contributed by atoms with E-state index in [-0.39, 0.29) is 5.38 Å². The summed E-state index contributed by atoms with van der Waals surface area (Å²) in [5.41, 5.74) is 2.03. The first-order chi connectivity index (χ1) is 10.2. The molecular weight excluding hydrogens is 352 g/mol. The number of hydrogen-bond acceptors (Lipinski definition) is 2. The summed E-state index contributed by atoms with van der Waals surface area (Å²) in [5, 5.41) is -0.225. The van der Waals surface area contributed by atoms with Gasteiger partial charge < -0.3 is 9.47 Å². The van der Waals surface area contributed by atoms with Crippen molar-refractivity contribution in [2.45, 2.75) is 18.7 Å². The molecule has 0 aromatic heterocycles.